The SMILES string of the molecule is Cc1ccc2c(c1)c1cc(C(F)(F)F)ccc1n2C1CNCC[C@H]1O. The molecule has 3 nitrogen and oxygen atoms in total. The fraction of sp³-hybridized carbons (Fsp3) is 0.368. The number of nitrogens with zero attached hydrogens (tertiary/aromatic N) is 1. The zero-order valence-electron chi connectivity index (χ0n) is 13.8. The standard InChI is InChI=1S/C19H19F3N2O/c1-11-2-4-15-13(8-11)14-9-12(19(20,21)22)3-5-16(14)24(15)17-10-23-7-6-18(17)25/h2-5,8-9,17-18,23,25H,6-7,10H2,1H3/t17?,18-/m1/s1. The number of nitrogens with one attached hydrogen (secondary N) is 1. The Morgan fingerprint density at radius 3 is 2.44 bits per heavy atom. The highest BCUT2D eigenvalue weighted by atomic mass is 19.4. The molecule has 0 aliphatic carbocycles. The molecule has 3 aromatic rings. The summed E-state index contributed by atoms with van der Waals surface area (Å²) in [6.45, 7) is 3.26. The van der Waals surface area contributed by atoms with E-state index in [1.165, 1.54) is 12.1 Å². The summed E-state index contributed by atoms with van der Waals surface area (Å²) in [4.78, 5) is 0. The predicted octanol–water partition coefficient (Wildman–Crippen LogP) is 4.02. The van der Waals surface area contributed by atoms with Gasteiger partial charge in [0.2, 0.25) is 0 Å². The van der Waals surface area contributed by atoms with Gasteiger partial charge < -0.3 is 15.0 Å². The second-order valence-corrected chi connectivity index (χ2v) is 6.75. The van der Waals surface area contributed by atoms with Gasteiger partial charge in [-0.2, -0.15) is 13.2 Å². The number of hydrogen-bond acceptors (Lipinski definition) is 2. The molecule has 2 aromatic carbocycles. The van der Waals surface area contributed by atoms with Crippen molar-refractivity contribution in [3.05, 3.63) is 47.5 Å². The highest BCUT2D eigenvalue weighted by Crippen LogP contribution is 2.38. The predicted molar refractivity (Wildman–Crippen MR) is 91.7 cm³/mol. The molecule has 2 atom stereocenters. The molecule has 25 heavy (non-hydrogen) atoms. The maximum absolute atomic E-state index is 13.2. The number of benzene rings is 2. The fourth-order valence-electron chi connectivity index (χ4n) is 3.79. The molecule has 2 heterocycles. The zero-order valence-corrected chi connectivity index (χ0v) is 13.8. The number of piperidine rings is 1. The lowest BCUT2D eigenvalue weighted by atomic mass is 10.0. The summed E-state index contributed by atoms with van der Waals surface area (Å²) in [5.41, 5.74) is 1.92. The van der Waals surface area contributed by atoms with Crippen LogP contribution < -0.4 is 5.32 Å². The van der Waals surface area contributed by atoms with Crippen molar-refractivity contribution in [1.29, 1.82) is 0 Å². The van der Waals surface area contributed by atoms with Gasteiger partial charge in [0.05, 0.1) is 17.7 Å². The van der Waals surface area contributed by atoms with Gasteiger partial charge in [0.25, 0.3) is 0 Å². The number of aliphatic hydroxyl groups is 1. The smallest absolute Gasteiger partial charge is 0.391 e. The Balaban J connectivity index is 2.03. The number of fused-ring (bicyclic) bond motifs is 3. The van der Waals surface area contributed by atoms with Crippen LogP contribution in [-0.4, -0.2) is 28.9 Å². The lowest BCUT2D eigenvalue weighted by molar-refractivity contribution is -0.137. The topological polar surface area (TPSA) is 37.2 Å². The molecule has 1 aliphatic heterocycles. The highest BCUT2D eigenvalue weighted by molar-refractivity contribution is 6.08. The number of aromatic nitrogens is 1. The van der Waals surface area contributed by atoms with Crippen LogP contribution in [0.15, 0.2) is 36.4 Å². The normalized spacial score (nSPS) is 22.0. The highest BCUT2D eigenvalue weighted by Gasteiger charge is 2.32. The van der Waals surface area contributed by atoms with Gasteiger partial charge in [-0.1, -0.05) is 11.6 Å². The van der Waals surface area contributed by atoms with E-state index in [1.807, 2.05) is 29.7 Å². The minimum absolute atomic E-state index is 0.201. The zero-order chi connectivity index (χ0) is 17.8. The van der Waals surface area contributed by atoms with E-state index in [4.69, 9.17) is 0 Å². The molecule has 0 bridgehead atoms. The van der Waals surface area contributed by atoms with Gasteiger partial charge in [-0.25, -0.2) is 0 Å². The Morgan fingerprint density at radius 1 is 1.08 bits per heavy atom. The molecule has 0 radical (unpaired) electrons. The third kappa shape index (κ3) is 2.69. The number of alkyl halides is 3. The third-order valence-corrected chi connectivity index (χ3v) is 5.03. The van der Waals surface area contributed by atoms with E-state index < -0.39 is 17.8 Å². The molecule has 2 N–H and O–H groups in total. The largest absolute Gasteiger partial charge is 0.416 e. The molecule has 1 aliphatic rings. The third-order valence-electron chi connectivity index (χ3n) is 5.03. The molecule has 1 saturated heterocycles. The van der Waals surface area contributed by atoms with Crippen molar-refractivity contribution >= 4 is 21.8 Å². The van der Waals surface area contributed by atoms with E-state index in [2.05, 4.69) is 5.32 Å². The molecule has 0 saturated carbocycles. The Hall–Kier alpha value is -2.05. The maximum atomic E-state index is 13.2. The van der Waals surface area contributed by atoms with Crippen molar-refractivity contribution in [1.82, 2.24) is 9.88 Å². The van der Waals surface area contributed by atoms with Crippen molar-refractivity contribution in [2.24, 2.45) is 0 Å². The van der Waals surface area contributed by atoms with Crippen LogP contribution in [0.2, 0.25) is 0 Å². The molecule has 1 fully saturated rings. The van der Waals surface area contributed by atoms with Gasteiger partial charge in [-0.3, -0.25) is 0 Å². The molecule has 0 amide bonds. The van der Waals surface area contributed by atoms with Crippen molar-refractivity contribution in [2.45, 2.75) is 31.7 Å². The second-order valence-electron chi connectivity index (χ2n) is 6.75. The Morgan fingerprint density at radius 2 is 1.76 bits per heavy atom. The summed E-state index contributed by atoms with van der Waals surface area (Å²) in [5, 5.41) is 15.1. The molecule has 132 valence electrons. The molecule has 1 aromatic heterocycles. The fourth-order valence-corrected chi connectivity index (χ4v) is 3.79. The van der Waals surface area contributed by atoms with Crippen molar-refractivity contribution in [3.8, 4) is 0 Å². The lowest BCUT2D eigenvalue weighted by Gasteiger charge is -2.31. The molecule has 6 heteroatoms. The average Bonchev–Trinajstić information content (AvgIpc) is 2.87. The van der Waals surface area contributed by atoms with Crippen LogP contribution in [0.3, 0.4) is 0 Å². The summed E-state index contributed by atoms with van der Waals surface area (Å²) < 4.78 is 41.5. The Kier molecular flexibility index (Phi) is 3.77. The average molecular weight is 348 g/mol. The minimum atomic E-state index is -4.38. The van der Waals surface area contributed by atoms with E-state index in [0.29, 0.717) is 18.4 Å². The van der Waals surface area contributed by atoms with E-state index in [9.17, 15) is 18.3 Å². The van der Waals surface area contributed by atoms with Crippen LogP contribution in [0.1, 0.15) is 23.6 Å². The van der Waals surface area contributed by atoms with Gasteiger partial charge in [-0.05, 0) is 50.2 Å². The van der Waals surface area contributed by atoms with E-state index >= 15 is 0 Å². The second kappa shape index (κ2) is 5.75. The molecule has 0 spiro atoms. The first-order valence-corrected chi connectivity index (χ1v) is 8.36. The molecular formula is C19H19F3N2O. The van der Waals surface area contributed by atoms with Crippen molar-refractivity contribution in [2.75, 3.05) is 13.1 Å². The quantitative estimate of drug-likeness (QED) is 0.697. The number of aryl methyl sites for hydroxylation is 1. The Bertz CT molecular complexity index is 945. The minimum Gasteiger partial charge on any atom is -0.391 e. The van der Waals surface area contributed by atoms with Gasteiger partial charge in [0.1, 0.15) is 0 Å². The number of aliphatic hydroxyl groups excluding tert-OH is 1. The van der Waals surface area contributed by atoms with Crippen molar-refractivity contribution in [3.63, 3.8) is 0 Å². The summed E-state index contributed by atoms with van der Waals surface area (Å²) in [5.74, 6) is 0. The van der Waals surface area contributed by atoms with Gasteiger partial charge >= 0.3 is 6.18 Å². The van der Waals surface area contributed by atoms with Crippen LogP contribution in [0, 0.1) is 6.92 Å². The molecule has 1 unspecified atom stereocenters. The summed E-state index contributed by atoms with van der Waals surface area (Å²) in [7, 11) is 0. The monoisotopic (exact) mass is 348 g/mol. The number of halogens is 3. The lowest BCUT2D eigenvalue weighted by Crippen LogP contribution is -2.41. The van der Waals surface area contributed by atoms with E-state index in [-0.39, 0.29) is 6.04 Å². The van der Waals surface area contributed by atoms with Gasteiger partial charge in [0, 0.05) is 28.4 Å². The summed E-state index contributed by atoms with van der Waals surface area (Å²) in [6.07, 6.45) is -4.28. The molecule has 4 rings (SSSR count). The van der Waals surface area contributed by atoms with E-state index in [1.54, 1.807) is 0 Å². The number of hydrogen-bond donors (Lipinski definition) is 2. The van der Waals surface area contributed by atoms with Crippen LogP contribution in [0.4, 0.5) is 13.2 Å². The first-order valence-electron chi connectivity index (χ1n) is 8.36. The summed E-state index contributed by atoms with van der Waals surface area (Å²) >= 11 is 0. The van der Waals surface area contributed by atoms with Crippen LogP contribution in [0.25, 0.3) is 21.8 Å². The Labute approximate surface area is 143 Å². The molecular weight excluding hydrogens is 329 g/mol. The van der Waals surface area contributed by atoms with Crippen molar-refractivity contribution < 1.29 is 18.3 Å². The van der Waals surface area contributed by atoms with Crippen LogP contribution in [0.5, 0.6) is 0 Å². The first-order chi connectivity index (χ1) is 11.9. The maximum Gasteiger partial charge on any atom is 0.416 e. The summed E-state index contributed by atoms with van der Waals surface area (Å²) in [6, 6.07) is 9.45. The van der Waals surface area contributed by atoms with Crippen LogP contribution in [-0.2, 0) is 6.18 Å². The van der Waals surface area contributed by atoms with Gasteiger partial charge in [0.15, 0.2) is 0 Å². The van der Waals surface area contributed by atoms with Gasteiger partial charge in [-0.15, -0.1) is 0 Å². The first kappa shape index (κ1) is 16.4. The number of rotatable bonds is 1. The van der Waals surface area contributed by atoms with E-state index in [0.717, 1.165) is 34.6 Å². The van der Waals surface area contributed by atoms with Crippen LogP contribution >= 0.6 is 0 Å².